The number of benzene rings is 2. The summed E-state index contributed by atoms with van der Waals surface area (Å²) >= 11 is 6.24. The van der Waals surface area contributed by atoms with Crippen molar-refractivity contribution in [2.45, 2.75) is 46.5 Å². The molecule has 0 N–H and O–H groups in total. The third-order valence-electron chi connectivity index (χ3n) is 3.97. The molecule has 0 bridgehead atoms. The predicted molar refractivity (Wildman–Crippen MR) is 89.7 cm³/mol. The molecule has 0 unspecified atom stereocenters. The Labute approximate surface area is 127 Å². The lowest BCUT2D eigenvalue weighted by atomic mass is 9.86. The quantitative estimate of drug-likeness (QED) is 0.599. The molecule has 0 aliphatic carbocycles. The van der Waals surface area contributed by atoms with E-state index in [4.69, 9.17) is 11.6 Å². The first-order valence-corrected chi connectivity index (χ1v) is 7.81. The molecule has 0 saturated heterocycles. The molecule has 2 rings (SSSR count). The lowest BCUT2D eigenvalue weighted by molar-refractivity contribution is 0.643. The highest BCUT2D eigenvalue weighted by atomic mass is 35.5. The van der Waals surface area contributed by atoms with Gasteiger partial charge in [0.05, 0.1) is 0 Å². The summed E-state index contributed by atoms with van der Waals surface area (Å²) in [5.74, 6) is 0.600. The molecule has 0 saturated carbocycles. The Hall–Kier alpha value is -1.27. The van der Waals surface area contributed by atoms with Gasteiger partial charge in [-0.05, 0) is 61.4 Å². The van der Waals surface area contributed by atoms with Crippen LogP contribution in [0.15, 0.2) is 36.4 Å². The molecule has 0 amide bonds. The van der Waals surface area contributed by atoms with Gasteiger partial charge in [0, 0.05) is 5.02 Å². The van der Waals surface area contributed by atoms with E-state index in [-0.39, 0.29) is 0 Å². The normalized spacial score (nSPS) is 11.1. The molecule has 2 aromatic rings. The summed E-state index contributed by atoms with van der Waals surface area (Å²) in [7, 11) is 0. The van der Waals surface area contributed by atoms with Crippen LogP contribution < -0.4 is 0 Å². The van der Waals surface area contributed by atoms with Crippen molar-refractivity contribution in [1.29, 1.82) is 0 Å². The Kier molecular flexibility index (Phi) is 4.88. The maximum absolute atomic E-state index is 6.24. The minimum absolute atomic E-state index is 0.600. The van der Waals surface area contributed by atoms with Crippen LogP contribution in [0.1, 0.15) is 49.3 Å². The van der Waals surface area contributed by atoms with E-state index in [1.165, 1.54) is 27.8 Å². The van der Waals surface area contributed by atoms with Crippen LogP contribution in [0.4, 0.5) is 0 Å². The molecule has 0 atom stereocenters. The largest absolute Gasteiger partial charge is 0.0843 e. The number of rotatable bonds is 4. The van der Waals surface area contributed by atoms with E-state index in [0.29, 0.717) is 5.92 Å². The highest BCUT2D eigenvalue weighted by Crippen LogP contribution is 2.35. The van der Waals surface area contributed by atoms with Crippen LogP contribution in [0, 0.1) is 13.8 Å². The zero-order valence-corrected chi connectivity index (χ0v) is 13.6. The van der Waals surface area contributed by atoms with Crippen molar-refractivity contribution < 1.29 is 0 Å². The van der Waals surface area contributed by atoms with Gasteiger partial charge in [-0.2, -0.15) is 0 Å². The summed E-state index contributed by atoms with van der Waals surface area (Å²) in [6.07, 6.45) is 2.33. The first kappa shape index (κ1) is 15.1. The van der Waals surface area contributed by atoms with Crippen molar-refractivity contribution in [2.75, 3.05) is 0 Å². The molecule has 2 aromatic carbocycles. The molecule has 0 aliphatic rings. The zero-order chi connectivity index (χ0) is 14.7. The fourth-order valence-electron chi connectivity index (χ4n) is 2.99. The fourth-order valence-corrected chi connectivity index (χ4v) is 3.17. The van der Waals surface area contributed by atoms with Crippen molar-refractivity contribution in [1.82, 2.24) is 0 Å². The van der Waals surface area contributed by atoms with Crippen LogP contribution in [-0.2, 0) is 0 Å². The van der Waals surface area contributed by atoms with Crippen molar-refractivity contribution >= 4 is 11.6 Å². The minimum Gasteiger partial charge on any atom is -0.0843 e. The lowest BCUT2D eigenvalue weighted by Gasteiger charge is -2.19. The molecule has 20 heavy (non-hydrogen) atoms. The SMILES string of the molecule is CCC(CC)c1ccc(Cl)cc1-c1cc(C)cc(C)c1. The third-order valence-corrected chi connectivity index (χ3v) is 4.21. The highest BCUT2D eigenvalue weighted by molar-refractivity contribution is 6.30. The summed E-state index contributed by atoms with van der Waals surface area (Å²) in [4.78, 5) is 0. The first-order chi connectivity index (χ1) is 9.55. The Morgan fingerprint density at radius 3 is 2.05 bits per heavy atom. The van der Waals surface area contributed by atoms with Crippen LogP contribution in [0.25, 0.3) is 11.1 Å². The number of halogens is 1. The van der Waals surface area contributed by atoms with Gasteiger partial charge >= 0.3 is 0 Å². The second kappa shape index (κ2) is 6.45. The average molecular weight is 287 g/mol. The van der Waals surface area contributed by atoms with Crippen LogP contribution >= 0.6 is 11.6 Å². The first-order valence-electron chi connectivity index (χ1n) is 7.43. The van der Waals surface area contributed by atoms with E-state index in [2.05, 4.69) is 58.0 Å². The van der Waals surface area contributed by atoms with Gasteiger partial charge in [-0.15, -0.1) is 0 Å². The molecular formula is C19H23Cl. The van der Waals surface area contributed by atoms with Gasteiger partial charge in [0.15, 0.2) is 0 Å². The van der Waals surface area contributed by atoms with Gasteiger partial charge in [0.25, 0.3) is 0 Å². The number of aryl methyl sites for hydroxylation is 2. The van der Waals surface area contributed by atoms with Gasteiger partial charge in [-0.1, -0.05) is 60.8 Å². The Bertz CT molecular complexity index is 574. The molecule has 0 aromatic heterocycles. The predicted octanol–water partition coefficient (Wildman–Crippen LogP) is 6.53. The molecule has 0 aliphatic heterocycles. The maximum atomic E-state index is 6.24. The minimum atomic E-state index is 0.600. The summed E-state index contributed by atoms with van der Waals surface area (Å²) in [6, 6.07) is 13.1. The van der Waals surface area contributed by atoms with Gasteiger partial charge in [-0.25, -0.2) is 0 Å². The van der Waals surface area contributed by atoms with Crippen molar-refractivity contribution in [3.63, 3.8) is 0 Å². The van der Waals surface area contributed by atoms with E-state index in [9.17, 15) is 0 Å². The summed E-state index contributed by atoms with van der Waals surface area (Å²) in [5, 5.41) is 0.814. The average Bonchev–Trinajstić information content (AvgIpc) is 2.40. The fraction of sp³-hybridized carbons (Fsp3) is 0.368. The maximum Gasteiger partial charge on any atom is 0.0412 e. The van der Waals surface area contributed by atoms with E-state index in [1.54, 1.807) is 0 Å². The number of hydrogen-bond acceptors (Lipinski definition) is 0. The smallest absolute Gasteiger partial charge is 0.0412 e. The molecular weight excluding hydrogens is 264 g/mol. The van der Waals surface area contributed by atoms with Gasteiger partial charge in [0.1, 0.15) is 0 Å². The van der Waals surface area contributed by atoms with Crippen LogP contribution in [0.5, 0.6) is 0 Å². The molecule has 1 heteroatoms. The molecule has 0 spiro atoms. The third kappa shape index (κ3) is 3.24. The summed E-state index contributed by atoms with van der Waals surface area (Å²) in [6.45, 7) is 8.82. The van der Waals surface area contributed by atoms with E-state index in [0.717, 1.165) is 17.9 Å². The Morgan fingerprint density at radius 1 is 0.900 bits per heavy atom. The van der Waals surface area contributed by atoms with Crippen LogP contribution in [-0.4, -0.2) is 0 Å². The van der Waals surface area contributed by atoms with Gasteiger partial charge < -0.3 is 0 Å². The summed E-state index contributed by atoms with van der Waals surface area (Å²) in [5.41, 5.74) is 6.60. The molecule has 0 radical (unpaired) electrons. The molecule has 0 nitrogen and oxygen atoms in total. The molecule has 106 valence electrons. The van der Waals surface area contributed by atoms with Crippen molar-refractivity contribution in [3.05, 3.63) is 58.1 Å². The highest BCUT2D eigenvalue weighted by Gasteiger charge is 2.14. The second-order valence-corrected chi connectivity index (χ2v) is 6.06. The zero-order valence-electron chi connectivity index (χ0n) is 12.8. The topological polar surface area (TPSA) is 0 Å². The second-order valence-electron chi connectivity index (χ2n) is 5.62. The Morgan fingerprint density at radius 2 is 1.50 bits per heavy atom. The molecule has 0 fully saturated rings. The van der Waals surface area contributed by atoms with Crippen LogP contribution in [0.3, 0.4) is 0 Å². The number of hydrogen-bond donors (Lipinski definition) is 0. The Balaban J connectivity index is 2.62. The monoisotopic (exact) mass is 286 g/mol. The van der Waals surface area contributed by atoms with Crippen LogP contribution in [0.2, 0.25) is 5.02 Å². The summed E-state index contributed by atoms with van der Waals surface area (Å²) < 4.78 is 0. The van der Waals surface area contributed by atoms with Crippen molar-refractivity contribution in [2.24, 2.45) is 0 Å². The van der Waals surface area contributed by atoms with E-state index < -0.39 is 0 Å². The molecule has 0 heterocycles. The van der Waals surface area contributed by atoms with Crippen molar-refractivity contribution in [3.8, 4) is 11.1 Å². The van der Waals surface area contributed by atoms with E-state index in [1.807, 2.05) is 6.07 Å². The van der Waals surface area contributed by atoms with Gasteiger partial charge in [0.2, 0.25) is 0 Å². The standard InChI is InChI=1S/C19H23Cl/c1-5-15(6-2)18-8-7-17(20)12-19(18)16-10-13(3)9-14(4)11-16/h7-12,15H,5-6H2,1-4H3. The lowest BCUT2D eigenvalue weighted by Crippen LogP contribution is -1.99. The van der Waals surface area contributed by atoms with Gasteiger partial charge in [-0.3, -0.25) is 0 Å². The van der Waals surface area contributed by atoms with E-state index >= 15 is 0 Å².